The zero-order chi connectivity index (χ0) is 12.4. The second kappa shape index (κ2) is 4.79. The summed E-state index contributed by atoms with van der Waals surface area (Å²) in [6.45, 7) is 0. The van der Waals surface area contributed by atoms with E-state index in [1.165, 1.54) is 13.2 Å². The predicted octanol–water partition coefficient (Wildman–Crippen LogP) is 2.01. The van der Waals surface area contributed by atoms with Gasteiger partial charge in [0.2, 0.25) is 0 Å². The summed E-state index contributed by atoms with van der Waals surface area (Å²) < 4.78 is 23.9. The molecule has 1 fully saturated rings. The number of methoxy groups -OCH3 is 2. The third kappa shape index (κ3) is 2.44. The molecule has 0 aliphatic heterocycles. The zero-order valence-corrected chi connectivity index (χ0v) is 10.00. The van der Waals surface area contributed by atoms with Crippen LogP contribution in [-0.4, -0.2) is 26.4 Å². The van der Waals surface area contributed by atoms with E-state index >= 15 is 0 Å². The summed E-state index contributed by atoms with van der Waals surface area (Å²) in [5, 5.41) is 3.12. The van der Waals surface area contributed by atoms with Crippen LogP contribution in [0.25, 0.3) is 0 Å². The lowest BCUT2D eigenvalue weighted by Crippen LogP contribution is -2.40. The second-order valence-electron chi connectivity index (χ2n) is 4.24. The number of nitrogen functional groups attached to an aromatic ring is 1. The molecule has 0 radical (unpaired) electrons. The molecular formula is C12H17FN2O2. The molecule has 1 saturated carbocycles. The van der Waals surface area contributed by atoms with Crippen LogP contribution >= 0.6 is 0 Å². The number of rotatable bonds is 4. The van der Waals surface area contributed by atoms with Crippen molar-refractivity contribution in [3.05, 3.63) is 17.9 Å². The standard InChI is InChI=1S/C12H17FN2O2/c1-16-8-3-7(4-8)15-11-6-12(17-2)10(14)5-9(11)13/h5-8,15H,3-4,14H2,1-2H3. The van der Waals surface area contributed by atoms with Gasteiger partial charge >= 0.3 is 0 Å². The first-order valence-corrected chi connectivity index (χ1v) is 5.56. The van der Waals surface area contributed by atoms with Crippen molar-refractivity contribution in [2.75, 3.05) is 25.3 Å². The van der Waals surface area contributed by atoms with Crippen LogP contribution in [0.3, 0.4) is 0 Å². The highest BCUT2D eigenvalue weighted by atomic mass is 19.1. The van der Waals surface area contributed by atoms with Crippen molar-refractivity contribution in [2.45, 2.75) is 25.0 Å². The van der Waals surface area contributed by atoms with Crippen LogP contribution in [0.1, 0.15) is 12.8 Å². The summed E-state index contributed by atoms with van der Waals surface area (Å²) in [6.07, 6.45) is 2.07. The molecule has 0 aromatic heterocycles. The minimum absolute atomic E-state index is 0.253. The molecule has 3 N–H and O–H groups in total. The third-order valence-corrected chi connectivity index (χ3v) is 3.11. The molecule has 0 bridgehead atoms. The normalized spacial score (nSPS) is 23.0. The topological polar surface area (TPSA) is 56.5 Å². The van der Waals surface area contributed by atoms with Crippen molar-refractivity contribution in [3.8, 4) is 5.75 Å². The van der Waals surface area contributed by atoms with Gasteiger partial charge in [-0.05, 0) is 12.8 Å². The average Bonchev–Trinajstić information content (AvgIpc) is 2.25. The van der Waals surface area contributed by atoms with Crippen LogP contribution in [-0.2, 0) is 4.74 Å². The van der Waals surface area contributed by atoms with Crippen LogP contribution in [0.5, 0.6) is 5.75 Å². The fraction of sp³-hybridized carbons (Fsp3) is 0.500. The Morgan fingerprint density at radius 2 is 2.06 bits per heavy atom. The lowest BCUT2D eigenvalue weighted by molar-refractivity contribution is 0.0328. The number of anilines is 2. The summed E-state index contributed by atoms with van der Waals surface area (Å²) in [5.74, 6) is 0.126. The number of halogens is 1. The van der Waals surface area contributed by atoms with Crippen molar-refractivity contribution in [1.29, 1.82) is 0 Å². The number of hydrogen-bond donors (Lipinski definition) is 2. The number of hydrogen-bond acceptors (Lipinski definition) is 4. The Labute approximate surface area is 99.9 Å². The average molecular weight is 240 g/mol. The number of ether oxygens (including phenoxy) is 2. The lowest BCUT2D eigenvalue weighted by Gasteiger charge is -2.35. The molecule has 1 aromatic carbocycles. The van der Waals surface area contributed by atoms with Gasteiger partial charge in [0.15, 0.2) is 0 Å². The molecule has 0 unspecified atom stereocenters. The maximum atomic E-state index is 13.6. The number of nitrogens with one attached hydrogen (secondary N) is 1. The minimum atomic E-state index is -0.357. The van der Waals surface area contributed by atoms with E-state index in [9.17, 15) is 4.39 Å². The molecule has 1 aliphatic carbocycles. The quantitative estimate of drug-likeness (QED) is 0.790. The molecule has 0 heterocycles. The Morgan fingerprint density at radius 1 is 1.35 bits per heavy atom. The van der Waals surface area contributed by atoms with E-state index in [-0.39, 0.29) is 18.0 Å². The highest BCUT2D eigenvalue weighted by molar-refractivity contribution is 5.62. The van der Waals surface area contributed by atoms with Gasteiger partial charge in [-0.2, -0.15) is 0 Å². The lowest BCUT2D eigenvalue weighted by atomic mass is 9.89. The van der Waals surface area contributed by atoms with Crippen molar-refractivity contribution in [2.24, 2.45) is 0 Å². The summed E-state index contributed by atoms with van der Waals surface area (Å²) in [7, 11) is 3.20. The summed E-state index contributed by atoms with van der Waals surface area (Å²) in [5.41, 5.74) is 6.34. The first kappa shape index (κ1) is 12.0. The first-order chi connectivity index (χ1) is 8.13. The largest absolute Gasteiger partial charge is 0.495 e. The van der Waals surface area contributed by atoms with Crippen LogP contribution in [0.4, 0.5) is 15.8 Å². The Bertz CT molecular complexity index is 406. The molecule has 94 valence electrons. The molecule has 1 aromatic rings. The molecule has 0 amide bonds. The Balaban J connectivity index is 2.06. The van der Waals surface area contributed by atoms with E-state index in [1.807, 2.05) is 0 Å². The van der Waals surface area contributed by atoms with Gasteiger partial charge in [-0.15, -0.1) is 0 Å². The molecule has 17 heavy (non-hydrogen) atoms. The monoisotopic (exact) mass is 240 g/mol. The third-order valence-electron chi connectivity index (χ3n) is 3.11. The smallest absolute Gasteiger partial charge is 0.148 e. The van der Waals surface area contributed by atoms with Gasteiger partial charge < -0.3 is 20.5 Å². The Morgan fingerprint density at radius 3 is 2.65 bits per heavy atom. The highest BCUT2D eigenvalue weighted by Gasteiger charge is 2.29. The molecule has 4 nitrogen and oxygen atoms in total. The minimum Gasteiger partial charge on any atom is -0.495 e. The zero-order valence-electron chi connectivity index (χ0n) is 10.00. The SMILES string of the molecule is COc1cc(NC2CC(OC)C2)c(F)cc1N. The molecular weight excluding hydrogens is 223 g/mol. The highest BCUT2D eigenvalue weighted by Crippen LogP contribution is 2.32. The van der Waals surface area contributed by atoms with Crippen LogP contribution < -0.4 is 15.8 Å². The number of benzene rings is 1. The van der Waals surface area contributed by atoms with Crippen molar-refractivity contribution < 1.29 is 13.9 Å². The number of nitrogens with two attached hydrogens (primary N) is 1. The second-order valence-corrected chi connectivity index (χ2v) is 4.24. The van der Waals surface area contributed by atoms with Crippen molar-refractivity contribution >= 4 is 11.4 Å². The fourth-order valence-electron chi connectivity index (χ4n) is 1.95. The molecule has 0 atom stereocenters. The van der Waals surface area contributed by atoms with E-state index in [2.05, 4.69) is 5.32 Å². The van der Waals surface area contributed by atoms with E-state index in [1.54, 1.807) is 13.2 Å². The Hall–Kier alpha value is -1.49. The predicted molar refractivity (Wildman–Crippen MR) is 64.8 cm³/mol. The van der Waals surface area contributed by atoms with E-state index < -0.39 is 0 Å². The van der Waals surface area contributed by atoms with Crippen LogP contribution in [0.15, 0.2) is 12.1 Å². The molecule has 2 rings (SSSR count). The maximum absolute atomic E-state index is 13.6. The summed E-state index contributed by atoms with van der Waals surface area (Å²) >= 11 is 0. The van der Waals surface area contributed by atoms with Crippen LogP contribution in [0, 0.1) is 5.82 Å². The van der Waals surface area contributed by atoms with Crippen LogP contribution in [0.2, 0.25) is 0 Å². The molecule has 1 aliphatic rings. The van der Waals surface area contributed by atoms with Crippen molar-refractivity contribution in [1.82, 2.24) is 0 Å². The molecule has 0 saturated heterocycles. The van der Waals surface area contributed by atoms with Gasteiger partial charge in [0.1, 0.15) is 11.6 Å². The van der Waals surface area contributed by atoms with E-state index in [0.29, 0.717) is 17.1 Å². The van der Waals surface area contributed by atoms with Gasteiger partial charge in [-0.3, -0.25) is 0 Å². The Kier molecular flexibility index (Phi) is 3.38. The van der Waals surface area contributed by atoms with E-state index in [4.69, 9.17) is 15.2 Å². The van der Waals surface area contributed by atoms with Crippen molar-refractivity contribution in [3.63, 3.8) is 0 Å². The molecule has 5 heteroatoms. The van der Waals surface area contributed by atoms with Gasteiger partial charge in [-0.25, -0.2) is 4.39 Å². The molecule has 0 spiro atoms. The maximum Gasteiger partial charge on any atom is 0.148 e. The summed E-state index contributed by atoms with van der Waals surface area (Å²) in [6, 6.07) is 3.11. The van der Waals surface area contributed by atoms with Gasteiger partial charge in [-0.1, -0.05) is 0 Å². The van der Waals surface area contributed by atoms with Gasteiger partial charge in [0, 0.05) is 25.3 Å². The van der Waals surface area contributed by atoms with E-state index in [0.717, 1.165) is 12.8 Å². The fourth-order valence-corrected chi connectivity index (χ4v) is 1.95. The van der Waals surface area contributed by atoms with Gasteiger partial charge in [0.25, 0.3) is 0 Å². The van der Waals surface area contributed by atoms with Gasteiger partial charge in [0.05, 0.1) is 24.6 Å². The summed E-state index contributed by atoms with van der Waals surface area (Å²) in [4.78, 5) is 0. The first-order valence-electron chi connectivity index (χ1n) is 5.56.